The number of para-hydroxylation sites is 1. The highest BCUT2D eigenvalue weighted by Gasteiger charge is 2.04. The molecule has 0 amide bonds. The molecule has 0 aliphatic rings. The van der Waals surface area contributed by atoms with E-state index in [9.17, 15) is 4.79 Å². The van der Waals surface area contributed by atoms with Crippen LogP contribution >= 0.6 is 0 Å². The molecule has 0 bridgehead atoms. The molecule has 0 saturated carbocycles. The average Bonchev–Trinajstić information content (AvgIpc) is 2.26. The Bertz CT molecular complexity index is 312. The lowest BCUT2D eigenvalue weighted by atomic mass is 10.2. The Morgan fingerprint density at radius 2 is 2.14 bits per heavy atom. The molecule has 76 valence electrons. The number of hydrogen-bond acceptors (Lipinski definition) is 4. The number of ether oxygens (including phenoxy) is 2. The van der Waals surface area contributed by atoms with Gasteiger partial charge in [-0.05, 0) is 6.07 Å². The van der Waals surface area contributed by atoms with Crippen molar-refractivity contribution in [2.75, 3.05) is 13.7 Å². The number of benzene rings is 1. The van der Waals surface area contributed by atoms with Gasteiger partial charge in [-0.3, -0.25) is 0 Å². The molecule has 4 heteroatoms. The summed E-state index contributed by atoms with van der Waals surface area (Å²) < 4.78 is 9.68. The molecule has 2 N–H and O–H groups in total. The first-order chi connectivity index (χ1) is 6.77. The zero-order chi connectivity index (χ0) is 10.4. The Balaban J connectivity index is 2.61. The SMILES string of the molecule is COC(=O)COc1ccccc1CN. The molecule has 0 aromatic heterocycles. The lowest BCUT2D eigenvalue weighted by molar-refractivity contribution is -0.142. The molecule has 0 fully saturated rings. The van der Waals surface area contributed by atoms with Crippen LogP contribution in [0.2, 0.25) is 0 Å². The Labute approximate surface area is 82.6 Å². The predicted molar refractivity (Wildman–Crippen MR) is 51.8 cm³/mol. The first-order valence-corrected chi connectivity index (χ1v) is 4.25. The Hall–Kier alpha value is -1.55. The zero-order valence-corrected chi connectivity index (χ0v) is 8.03. The minimum atomic E-state index is -0.406. The van der Waals surface area contributed by atoms with Crippen LogP contribution in [0.1, 0.15) is 5.56 Å². The summed E-state index contributed by atoms with van der Waals surface area (Å²) in [6, 6.07) is 7.32. The van der Waals surface area contributed by atoms with Crippen molar-refractivity contribution in [2.45, 2.75) is 6.54 Å². The van der Waals surface area contributed by atoms with Crippen molar-refractivity contribution in [3.8, 4) is 5.75 Å². The van der Waals surface area contributed by atoms with E-state index in [4.69, 9.17) is 10.5 Å². The zero-order valence-electron chi connectivity index (χ0n) is 8.03. The van der Waals surface area contributed by atoms with Gasteiger partial charge >= 0.3 is 5.97 Å². The van der Waals surface area contributed by atoms with Crippen molar-refractivity contribution in [3.05, 3.63) is 29.8 Å². The van der Waals surface area contributed by atoms with Gasteiger partial charge in [0.2, 0.25) is 0 Å². The molecule has 1 rings (SSSR count). The highest BCUT2D eigenvalue weighted by Crippen LogP contribution is 2.16. The predicted octanol–water partition coefficient (Wildman–Crippen LogP) is 0.697. The Morgan fingerprint density at radius 1 is 1.43 bits per heavy atom. The summed E-state index contributed by atoms with van der Waals surface area (Å²) in [7, 11) is 1.32. The summed E-state index contributed by atoms with van der Waals surface area (Å²) in [5.74, 6) is 0.220. The molecule has 0 aliphatic heterocycles. The molecule has 0 spiro atoms. The van der Waals surface area contributed by atoms with Crippen LogP contribution in [0.3, 0.4) is 0 Å². The van der Waals surface area contributed by atoms with E-state index in [-0.39, 0.29) is 6.61 Å². The molecule has 0 atom stereocenters. The molecule has 0 saturated heterocycles. The second kappa shape index (κ2) is 5.24. The maximum Gasteiger partial charge on any atom is 0.343 e. The van der Waals surface area contributed by atoms with Crippen LogP contribution in [-0.4, -0.2) is 19.7 Å². The van der Waals surface area contributed by atoms with Crippen molar-refractivity contribution in [1.82, 2.24) is 0 Å². The van der Waals surface area contributed by atoms with E-state index in [1.54, 1.807) is 6.07 Å². The number of hydrogen-bond donors (Lipinski definition) is 1. The quantitative estimate of drug-likeness (QED) is 0.718. The van der Waals surface area contributed by atoms with Gasteiger partial charge in [-0.2, -0.15) is 0 Å². The highest BCUT2D eigenvalue weighted by atomic mass is 16.6. The topological polar surface area (TPSA) is 61.5 Å². The van der Waals surface area contributed by atoms with Crippen LogP contribution in [0.4, 0.5) is 0 Å². The third kappa shape index (κ3) is 2.74. The van der Waals surface area contributed by atoms with Gasteiger partial charge < -0.3 is 15.2 Å². The number of rotatable bonds is 4. The number of esters is 1. The standard InChI is InChI=1S/C10H13NO3/c1-13-10(12)7-14-9-5-3-2-4-8(9)6-11/h2-5H,6-7,11H2,1H3. The van der Waals surface area contributed by atoms with Crippen LogP contribution < -0.4 is 10.5 Å². The van der Waals surface area contributed by atoms with Crippen molar-refractivity contribution in [3.63, 3.8) is 0 Å². The number of carbonyl (C=O) groups is 1. The second-order valence-electron chi connectivity index (χ2n) is 2.68. The van der Waals surface area contributed by atoms with Crippen molar-refractivity contribution >= 4 is 5.97 Å². The number of nitrogens with two attached hydrogens (primary N) is 1. The largest absolute Gasteiger partial charge is 0.482 e. The molecule has 0 heterocycles. The molecule has 0 radical (unpaired) electrons. The van der Waals surface area contributed by atoms with Gasteiger partial charge in [-0.25, -0.2) is 4.79 Å². The highest BCUT2D eigenvalue weighted by molar-refractivity contribution is 5.70. The average molecular weight is 195 g/mol. The summed E-state index contributed by atoms with van der Waals surface area (Å²) in [5, 5.41) is 0. The van der Waals surface area contributed by atoms with E-state index in [1.807, 2.05) is 18.2 Å². The monoisotopic (exact) mass is 195 g/mol. The van der Waals surface area contributed by atoms with E-state index < -0.39 is 5.97 Å². The van der Waals surface area contributed by atoms with Crippen LogP contribution in [0.15, 0.2) is 24.3 Å². The van der Waals surface area contributed by atoms with Gasteiger partial charge in [-0.1, -0.05) is 18.2 Å². The summed E-state index contributed by atoms with van der Waals surface area (Å²) in [6.07, 6.45) is 0. The fraction of sp³-hybridized carbons (Fsp3) is 0.300. The van der Waals surface area contributed by atoms with Crippen LogP contribution in [0, 0.1) is 0 Å². The molecule has 0 aliphatic carbocycles. The van der Waals surface area contributed by atoms with Crippen LogP contribution in [0.25, 0.3) is 0 Å². The van der Waals surface area contributed by atoms with Crippen molar-refractivity contribution in [2.24, 2.45) is 5.73 Å². The van der Waals surface area contributed by atoms with Crippen molar-refractivity contribution < 1.29 is 14.3 Å². The van der Waals surface area contributed by atoms with Gasteiger partial charge in [0.25, 0.3) is 0 Å². The normalized spacial score (nSPS) is 9.57. The smallest absolute Gasteiger partial charge is 0.343 e. The fourth-order valence-corrected chi connectivity index (χ4v) is 1.01. The second-order valence-corrected chi connectivity index (χ2v) is 2.68. The number of methoxy groups -OCH3 is 1. The first kappa shape index (κ1) is 10.5. The van der Waals surface area contributed by atoms with Gasteiger partial charge in [0.15, 0.2) is 6.61 Å². The van der Waals surface area contributed by atoms with Gasteiger partial charge in [0, 0.05) is 12.1 Å². The molecular formula is C10H13NO3. The van der Waals surface area contributed by atoms with E-state index >= 15 is 0 Å². The molecule has 4 nitrogen and oxygen atoms in total. The van der Waals surface area contributed by atoms with E-state index in [0.29, 0.717) is 12.3 Å². The molecule has 1 aromatic carbocycles. The van der Waals surface area contributed by atoms with Gasteiger partial charge in [0.05, 0.1) is 7.11 Å². The van der Waals surface area contributed by atoms with E-state index in [2.05, 4.69) is 4.74 Å². The third-order valence-electron chi connectivity index (χ3n) is 1.77. The Kier molecular flexibility index (Phi) is 3.94. The van der Waals surface area contributed by atoms with E-state index in [1.165, 1.54) is 7.11 Å². The van der Waals surface area contributed by atoms with Crippen molar-refractivity contribution in [1.29, 1.82) is 0 Å². The van der Waals surface area contributed by atoms with E-state index in [0.717, 1.165) is 5.56 Å². The molecule has 14 heavy (non-hydrogen) atoms. The number of carbonyl (C=O) groups excluding carboxylic acids is 1. The summed E-state index contributed by atoms with van der Waals surface area (Å²) in [6.45, 7) is 0.296. The van der Waals surface area contributed by atoms with Gasteiger partial charge in [-0.15, -0.1) is 0 Å². The minimum Gasteiger partial charge on any atom is -0.482 e. The Morgan fingerprint density at radius 3 is 2.79 bits per heavy atom. The minimum absolute atomic E-state index is 0.0898. The lowest BCUT2D eigenvalue weighted by Crippen LogP contribution is -2.13. The lowest BCUT2D eigenvalue weighted by Gasteiger charge is -2.08. The molecular weight excluding hydrogens is 182 g/mol. The summed E-state index contributed by atoms with van der Waals surface area (Å²) in [5.41, 5.74) is 6.37. The molecule has 0 unspecified atom stereocenters. The third-order valence-corrected chi connectivity index (χ3v) is 1.77. The van der Waals surface area contributed by atoms with Crippen LogP contribution in [0.5, 0.6) is 5.75 Å². The maximum absolute atomic E-state index is 10.8. The van der Waals surface area contributed by atoms with Gasteiger partial charge in [0.1, 0.15) is 5.75 Å². The fourth-order valence-electron chi connectivity index (χ4n) is 1.01. The summed E-state index contributed by atoms with van der Waals surface area (Å²) >= 11 is 0. The summed E-state index contributed by atoms with van der Waals surface area (Å²) in [4.78, 5) is 10.8. The first-order valence-electron chi connectivity index (χ1n) is 4.25. The van der Waals surface area contributed by atoms with Crippen LogP contribution in [-0.2, 0) is 16.1 Å². The molecule has 1 aromatic rings. The maximum atomic E-state index is 10.8.